The van der Waals surface area contributed by atoms with Gasteiger partial charge in [-0.05, 0) is 30.2 Å². The van der Waals surface area contributed by atoms with Crippen LogP contribution in [0.5, 0.6) is 0 Å². The molecule has 0 radical (unpaired) electrons. The zero-order valence-corrected chi connectivity index (χ0v) is 13.5. The number of nitrogens with zero attached hydrogens (tertiary/aromatic N) is 1. The predicted molar refractivity (Wildman–Crippen MR) is 88.1 cm³/mol. The Morgan fingerprint density at radius 1 is 1.32 bits per heavy atom. The molecule has 0 aliphatic carbocycles. The largest absolute Gasteiger partial charge is 0.314 e. The number of aryl methyl sites for hydroxylation is 1. The smallest absolute Gasteiger partial charge is 0.0532 e. The van der Waals surface area contributed by atoms with Gasteiger partial charge in [0.2, 0.25) is 0 Å². The molecule has 1 atom stereocenters. The van der Waals surface area contributed by atoms with Crippen LogP contribution in [-0.4, -0.2) is 31.1 Å². The second kappa shape index (κ2) is 8.83. The number of piperazine rings is 1. The monoisotopic (exact) mass is 322 g/mol. The van der Waals surface area contributed by atoms with Crippen LogP contribution in [0.25, 0.3) is 0 Å². The van der Waals surface area contributed by atoms with Crippen LogP contribution in [0.15, 0.2) is 30.9 Å². The van der Waals surface area contributed by atoms with Gasteiger partial charge in [-0.2, -0.15) is 0 Å². The molecule has 0 unspecified atom stereocenters. The van der Waals surface area contributed by atoms with Gasteiger partial charge in [0.1, 0.15) is 0 Å². The van der Waals surface area contributed by atoms with Crippen LogP contribution in [0.2, 0.25) is 5.02 Å². The highest BCUT2D eigenvalue weighted by molar-refractivity contribution is 6.30. The molecule has 108 valence electrons. The lowest BCUT2D eigenvalue weighted by molar-refractivity contribution is 0.203. The molecule has 0 bridgehead atoms. The van der Waals surface area contributed by atoms with Gasteiger partial charge in [0, 0.05) is 31.2 Å². The van der Waals surface area contributed by atoms with Crippen molar-refractivity contribution >= 4 is 36.4 Å². The fourth-order valence-corrected chi connectivity index (χ4v) is 2.63. The first-order valence-corrected chi connectivity index (χ1v) is 6.43. The van der Waals surface area contributed by atoms with Crippen LogP contribution < -0.4 is 5.32 Å². The second-order valence-electron chi connectivity index (χ2n) is 4.47. The summed E-state index contributed by atoms with van der Waals surface area (Å²) >= 11 is 6.00. The molecule has 1 N–H and O–H groups in total. The standard InChI is InChI=1S/C14H19ClN2.2ClH/c1-3-14(17-8-6-16-7-9-17)13-5-4-12(15)10-11(13)2;;/h3-5,10,14,16H,1,6-9H2,2H3;2*1H/t14-;;/m0../s1. The lowest BCUT2D eigenvalue weighted by atomic mass is 9.99. The van der Waals surface area contributed by atoms with E-state index in [-0.39, 0.29) is 24.8 Å². The molecule has 0 spiro atoms. The highest BCUT2D eigenvalue weighted by atomic mass is 35.5. The van der Waals surface area contributed by atoms with Crippen molar-refractivity contribution in [2.24, 2.45) is 0 Å². The number of halogens is 3. The molecule has 1 aliphatic rings. The van der Waals surface area contributed by atoms with Gasteiger partial charge >= 0.3 is 0 Å². The normalized spacial score (nSPS) is 16.9. The Labute approximate surface area is 133 Å². The average molecular weight is 324 g/mol. The summed E-state index contributed by atoms with van der Waals surface area (Å²) in [6.07, 6.45) is 2.03. The molecule has 19 heavy (non-hydrogen) atoms. The van der Waals surface area contributed by atoms with Gasteiger partial charge in [-0.3, -0.25) is 4.90 Å². The molecule has 2 nitrogen and oxygen atoms in total. The van der Waals surface area contributed by atoms with E-state index in [1.807, 2.05) is 18.2 Å². The second-order valence-corrected chi connectivity index (χ2v) is 4.90. The number of hydrogen-bond acceptors (Lipinski definition) is 2. The molecule has 5 heteroatoms. The Bertz CT molecular complexity index is 404. The van der Waals surface area contributed by atoms with Crippen LogP contribution in [0, 0.1) is 6.92 Å². The van der Waals surface area contributed by atoms with Gasteiger partial charge in [-0.15, -0.1) is 31.4 Å². The quantitative estimate of drug-likeness (QED) is 0.855. The molecule has 1 saturated heterocycles. The van der Waals surface area contributed by atoms with Crippen molar-refractivity contribution in [1.29, 1.82) is 0 Å². The summed E-state index contributed by atoms with van der Waals surface area (Å²) in [5.74, 6) is 0. The van der Waals surface area contributed by atoms with Crippen LogP contribution in [-0.2, 0) is 0 Å². The first-order valence-electron chi connectivity index (χ1n) is 6.06. The number of benzene rings is 1. The van der Waals surface area contributed by atoms with Crippen molar-refractivity contribution < 1.29 is 0 Å². The summed E-state index contributed by atoms with van der Waals surface area (Å²) < 4.78 is 0. The third kappa shape index (κ3) is 4.66. The van der Waals surface area contributed by atoms with Crippen LogP contribution >= 0.6 is 36.4 Å². The lowest BCUT2D eigenvalue weighted by Gasteiger charge is -2.34. The molecule has 2 rings (SSSR count). The van der Waals surface area contributed by atoms with Gasteiger partial charge in [-0.1, -0.05) is 23.7 Å². The SMILES string of the molecule is C=C[C@@H](c1ccc(Cl)cc1C)N1CCNCC1.Cl.Cl. The Morgan fingerprint density at radius 2 is 1.95 bits per heavy atom. The van der Waals surface area contributed by atoms with E-state index in [9.17, 15) is 0 Å². The van der Waals surface area contributed by atoms with Crippen molar-refractivity contribution in [3.8, 4) is 0 Å². The zero-order chi connectivity index (χ0) is 12.3. The fraction of sp³-hybridized carbons (Fsp3) is 0.429. The summed E-state index contributed by atoms with van der Waals surface area (Å²) in [6.45, 7) is 10.3. The Kier molecular flexibility index (Phi) is 8.71. The van der Waals surface area contributed by atoms with Gasteiger partial charge in [0.15, 0.2) is 0 Å². The molecule has 0 amide bonds. The molecular formula is C14H21Cl3N2. The maximum Gasteiger partial charge on any atom is 0.0532 e. The highest BCUT2D eigenvalue weighted by Gasteiger charge is 2.20. The topological polar surface area (TPSA) is 15.3 Å². The van der Waals surface area contributed by atoms with Crippen LogP contribution in [0.1, 0.15) is 17.2 Å². The summed E-state index contributed by atoms with van der Waals surface area (Å²) in [7, 11) is 0. The van der Waals surface area contributed by atoms with Gasteiger partial charge in [0.25, 0.3) is 0 Å². The fourth-order valence-electron chi connectivity index (χ4n) is 2.40. The Balaban J connectivity index is 0.00000162. The third-order valence-electron chi connectivity index (χ3n) is 3.32. The number of nitrogens with one attached hydrogen (secondary N) is 1. The summed E-state index contributed by atoms with van der Waals surface area (Å²) in [5, 5.41) is 4.17. The van der Waals surface area contributed by atoms with E-state index in [1.165, 1.54) is 11.1 Å². The molecule has 0 aromatic heterocycles. The minimum Gasteiger partial charge on any atom is -0.314 e. The molecule has 1 heterocycles. The van der Waals surface area contributed by atoms with E-state index in [4.69, 9.17) is 11.6 Å². The summed E-state index contributed by atoms with van der Waals surface area (Å²) in [4.78, 5) is 2.46. The van der Waals surface area contributed by atoms with Crippen LogP contribution in [0.4, 0.5) is 0 Å². The van der Waals surface area contributed by atoms with Crippen molar-refractivity contribution in [2.75, 3.05) is 26.2 Å². The van der Waals surface area contributed by atoms with E-state index in [0.717, 1.165) is 31.2 Å². The Hall–Kier alpha value is -0.250. The van der Waals surface area contributed by atoms with Gasteiger partial charge < -0.3 is 5.32 Å². The van der Waals surface area contributed by atoms with E-state index in [1.54, 1.807) is 0 Å². The zero-order valence-electron chi connectivity index (χ0n) is 11.1. The summed E-state index contributed by atoms with van der Waals surface area (Å²) in [6, 6.07) is 6.40. The average Bonchev–Trinajstić information content (AvgIpc) is 2.34. The highest BCUT2D eigenvalue weighted by Crippen LogP contribution is 2.27. The first-order chi connectivity index (χ1) is 8.22. The van der Waals surface area contributed by atoms with Crippen LogP contribution in [0.3, 0.4) is 0 Å². The van der Waals surface area contributed by atoms with Gasteiger partial charge in [-0.25, -0.2) is 0 Å². The van der Waals surface area contributed by atoms with E-state index < -0.39 is 0 Å². The molecule has 1 aromatic rings. The Morgan fingerprint density at radius 3 is 2.47 bits per heavy atom. The summed E-state index contributed by atoms with van der Waals surface area (Å²) in [5.41, 5.74) is 2.55. The van der Waals surface area contributed by atoms with Gasteiger partial charge in [0.05, 0.1) is 6.04 Å². The molecule has 1 aliphatic heterocycles. The van der Waals surface area contributed by atoms with Crippen molar-refractivity contribution in [3.63, 3.8) is 0 Å². The minimum atomic E-state index is 0. The lowest BCUT2D eigenvalue weighted by Crippen LogP contribution is -2.44. The molecule has 1 aromatic carbocycles. The number of hydrogen-bond donors (Lipinski definition) is 1. The van der Waals surface area contributed by atoms with Crippen molar-refractivity contribution in [3.05, 3.63) is 47.0 Å². The van der Waals surface area contributed by atoms with Crippen molar-refractivity contribution in [2.45, 2.75) is 13.0 Å². The molecular weight excluding hydrogens is 303 g/mol. The third-order valence-corrected chi connectivity index (χ3v) is 3.55. The maximum absolute atomic E-state index is 6.00. The van der Waals surface area contributed by atoms with E-state index >= 15 is 0 Å². The minimum absolute atomic E-state index is 0. The van der Waals surface area contributed by atoms with E-state index in [0.29, 0.717) is 6.04 Å². The van der Waals surface area contributed by atoms with Crippen molar-refractivity contribution in [1.82, 2.24) is 10.2 Å². The van der Waals surface area contributed by atoms with E-state index in [2.05, 4.69) is 29.8 Å². The molecule has 0 saturated carbocycles. The maximum atomic E-state index is 6.00. The predicted octanol–water partition coefficient (Wildman–Crippen LogP) is 3.62. The molecule has 1 fully saturated rings. The number of rotatable bonds is 3. The first kappa shape index (κ1) is 18.8.